The predicted octanol–water partition coefficient (Wildman–Crippen LogP) is 1.86. The third-order valence-electron chi connectivity index (χ3n) is 4.58. The molecule has 1 heterocycles. The van der Waals surface area contributed by atoms with Gasteiger partial charge in [-0.15, -0.1) is 0 Å². The fourth-order valence-corrected chi connectivity index (χ4v) is 3.28. The summed E-state index contributed by atoms with van der Waals surface area (Å²) in [5, 5.41) is 12.3. The molecule has 4 heteroatoms. The Balaban J connectivity index is 1.58. The summed E-state index contributed by atoms with van der Waals surface area (Å²) in [4.78, 5) is 11.8. The number of carbonyl (C=O) groups excluding carboxylic acids is 1. The Labute approximate surface area is 115 Å². The SMILES string of the molecule is O=C(CCC1CCCCO1)NCC1CCCC1CO. The molecular formula is C15H27NO3. The fraction of sp³-hybridized carbons (Fsp3) is 0.933. The van der Waals surface area contributed by atoms with E-state index in [1.807, 2.05) is 0 Å². The topological polar surface area (TPSA) is 58.6 Å². The first kappa shape index (κ1) is 14.8. The highest BCUT2D eigenvalue weighted by molar-refractivity contribution is 5.75. The van der Waals surface area contributed by atoms with Gasteiger partial charge in [0.2, 0.25) is 5.91 Å². The van der Waals surface area contributed by atoms with Crippen LogP contribution in [-0.4, -0.2) is 36.9 Å². The molecule has 0 bridgehead atoms. The lowest BCUT2D eigenvalue weighted by atomic mass is 9.97. The van der Waals surface area contributed by atoms with Crippen molar-refractivity contribution in [3.8, 4) is 0 Å². The van der Waals surface area contributed by atoms with E-state index in [4.69, 9.17) is 4.74 Å². The second kappa shape index (κ2) is 7.85. The molecule has 1 aliphatic heterocycles. The molecule has 0 aromatic rings. The number of carbonyl (C=O) groups is 1. The average Bonchev–Trinajstić information content (AvgIpc) is 2.91. The van der Waals surface area contributed by atoms with Crippen molar-refractivity contribution in [3.63, 3.8) is 0 Å². The van der Waals surface area contributed by atoms with Crippen LogP contribution in [0.5, 0.6) is 0 Å². The summed E-state index contributed by atoms with van der Waals surface area (Å²) < 4.78 is 5.63. The van der Waals surface area contributed by atoms with Crippen LogP contribution in [0, 0.1) is 11.8 Å². The third kappa shape index (κ3) is 4.77. The van der Waals surface area contributed by atoms with E-state index in [2.05, 4.69) is 5.32 Å². The molecule has 19 heavy (non-hydrogen) atoms. The molecule has 2 rings (SSSR count). The minimum Gasteiger partial charge on any atom is -0.396 e. The average molecular weight is 269 g/mol. The Morgan fingerprint density at radius 1 is 1.16 bits per heavy atom. The number of hydrogen-bond donors (Lipinski definition) is 2. The Morgan fingerprint density at radius 2 is 2.00 bits per heavy atom. The number of aliphatic hydroxyl groups is 1. The standard InChI is InChI=1S/C15H27NO3/c17-11-13-5-3-4-12(13)10-16-15(18)8-7-14-6-1-2-9-19-14/h12-14,17H,1-11H2,(H,16,18). The molecule has 2 N–H and O–H groups in total. The van der Waals surface area contributed by atoms with E-state index in [9.17, 15) is 9.90 Å². The summed E-state index contributed by atoms with van der Waals surface area (Å²) >= 11 is 0. The van der Waals surface area contributed by atoms with Gasteiger partial charge in [0.05, 0.1) is 6.10 Å². The lowest BCUT2D eigenvalue weighted by molar-refractivity contribution is -0.122. The van der Waals surface area contributed by atoms with Gasteiger partial charge in [0.1, 0.15) is 0 Å². The minimum atomic E-state index is 0.137. The number of hydrogen-bond acceptors (Lipinski definition) is 3. The molecule has 3 atom stereocenters. The zero-order valence-corrected chi connectivity index (χ0v) is 11.8. The molecule has 4 nitrogen and oxygen atoms in total. The fourth-order valence-electron chi connectivity index (χ4n) is 3.28. The highest BCUT2D eigenvalue weighted by Crippen LogP contribution is 2.30. The van der Waals surface area contributed by atoms with Crippen molar-refractivity contribution >= 4 is 5.91 Å². The van der Waals surface area contributed by atoms with Crippen LogP contribution in [0.15, 0.2) is 0 Å². The van der Waals surface area contributed by atoms with Crippen LogP contribution in [0.3, 0.4) is 0 Å². The molecule has 110 valence electrons. The first-order valence-corrected chi connectivity index (χ1v) is 7.78. The number of rotatable bonds is 6. The number of aliphatic hydroxyl groups excluding tert-OH is 1. The van der Waals surface area contributed by atoms with Crippen molar-refractivity contribution in [2.45, 2.75) is 57.5 Å². The zero-order chi connectivity index (χ0) is 13.5. The van der Waals surface area contributed by atoms with Gasteiger partial charge >= 0.3 is 0 Å². The van der Waals surface area contributed by atoms with Gasteiger partial charge in [-0.05, 0) is 50.4 Å². The lowest BCUT2D eigenvalue weighted by Gasteiger charge is -2.22. The predicted molar refractivity (Wildman–Crippen MR) is 73.8 cm³/mol. The van der Waals surface area contributed by atoms with Crippen LogP contribution < -0.4 is 5.32 Å². The Bertz CT molecular complexity index is 277. The van der Waals surface area contributed by atoms with Gasteiger partial charge in [0.15, 0.2) is 0 Å². The Hall–Kier alpha value is -0.610. The molecule has 1 aliphatic carbocycles. The maximum absolute atomic E-state index is 11.8. The summed E-state index contributed by atoms with van der Waals surface area (Å²) in [6.07, 6.45) is 8.62. The lowest BCUT2D eigenvalue weighted by Crippen LogP contribution is -2.32. The molecular weight excluding hydrogens is 242 g/mol. The first-order valence-electron chi connectivity index (χ1n) is 7.78. The molecule has 3 unspecified atom stereocenters. The van der Waals surface area contributed by atoms with Crippen molar-refractivity contribution < 1.29 is 14.6 Å². The monoisotopic (exact) mass is 269 g/mol. The van der Waals surface area contributed by atoms with E-state index >= 15 is 0 Å². The van der Waals surface area contributed by atoms with Crippen molar-refractivity contribution in [1.82, 2.24) is 5.32 Å². The van der Waals surface area contributed by atoms with Crippen LogP contribution in [0.1, 0.15) is 51.4 Å². The quantitative estimate of drug-likeness (QED) is 0.774. The van der Waals surface area contributed by atoms with E-state index in [0.29, 0.717) is 18.3 Å². The third-order valence-corrected chi connectivity index (χ3v) is 4.58. The molecule has 0 radical (unpaired) electrons. The Morgan fingerprint density at radius 3 is 2.74 bits per heavy atom. The number of nitrogens with one attached hydrogen (secondary N) is 1. The van der Waals surface area contributed by atoms with Gasteiger partial charge < -0.3 is 15.2 Å². The second-order valence-electron chi connectivity index (χ2n) is 5.96. The maximum atomic E-state index is 11.8. The smallest absolute Gasteiger partial charge is 0.220 e. The van der Waals surface area contributed by atoms with Gasteiger partial charge in [-0.3, -0.25) is 4.79 Å². The van der Waals surface area contributed by atoms with Crippen molar-refractivity contribution in [3.05, 3.63) is 0 Å². The van der Waals surface area contributed by atoms with Gasteiger partial charge in [-0.25, -0.2) is 0 Å². The van der Waals surface area contributed by atoms with Crippen molar-refractivity contribution in [2.24, 2.45) is 11.8 Å². The molecule has 0 aromatic carbocycles. The second-order valence-corrected chi connectivity index (χ2v) is 5.96. The van der Waals surface area contributed by atoms with E-state index in [-0.39, 0.29) is 18.6 Å². The van der Waals surface area contributed by atoms with Gasteiger partial charge in [0, 0.05) is 26.2 Å². The molecule has 1 saturated heterocycles. The number of ether oxygens (including phenoxy) is 1. The van der Waals surface area contributed by atoms with Gasteiger partial charge in [-0.2, -0.15) is 0 Å². The van der Waals surface area contributed by atoms with E-state index < -0.39 is 0 Å². The van der Waals surface area contributed by atoms with E-state index in [1.54, 1.807) is 0 Å². The van der Waals surface area contributed by atoms with Crippen molar-refractivity contribution in [2.75, 3.05) is 19.8 Å². The van der Waals surface area contributed by atoms with Crippen LogP contribution in [0.25, 0.3) is 0 Å². The molecule has 0 aromatic heterocycles. The highest BCUT2D eigenvalue weighted by Gasteiger charge is 2.26. The summed E-state index contributed by atoms with van der Waals surface area (Å²) in [7, 11) is 0. The highest BCUT2D eigenvalue weighted by atomic mass is 16.5. The largest absolute Gasteiger partial charge is 0.396 e. The van der Waals surface area contributed by atoms with Crippen molar-refractivity contribution in [1.29, 1.82) is 0 Å². The van der Waals surface area contributed by atoms with Crippen LogP contribution in [0.4, 0.5) is 0 Å². The van der Waals surface area contributed by atoms with Crippen LogP contribution in [-0.2, 0) is 9.53 Å². The summed E-state index contributed by atoms with van der Waals surface area (Å²) in [5.74, 6) is 1.000. The summed E-state index contributed by atoms with van der Waals surface area (Å²) in [6, 6.07) is 0. The Kier molecular flexibility index (Phi) is 6.11. The van der Waals surface area contributed by atoms with E-state index in [0.717, 1.165) is 45.3 Å². The maximum Gasteiger partial charge on any atom is 0.220 e. The molecule has 0 spiro atoms. The summed E-state index contributed by atoms with van der Waals surface area (Å²) in [6.45, 7) is 1.85. The molecule has 2 aliphatic rings. The molecule has 1 amide bonds. The van der Waals surface area contributed by atoms with Gasteiger partial charge in [0.25, 0.3) is 0 Å². The normalized spacial score (nSPS) is 31.3. The van der Waals surface area contributed by atoms with Gasteiger partial charge in [-0.1, -0.05) is 6.42 Å². The zero-order valence-electron chi connectivity index (χ0n) is 11.8. The van der Waals surface area contributed by atoms with Crippen LogP contribution in [0.2, 0.25) is 0 Å². The van der Waals surface area contributed by atoms with E-state index in [1.165, 1.54) is 12.8 Å². The first-order chi connectivity index (χ1) is 9.29. The van der Waals surface area contributed by atoms with Crippen LogP contribution >= 0.6 is 0 Å². The summed E-state index contributed by atoms with van der Waals surface area (Å²) in [5.41, 5.74) is 0. The minimum absolute atomic E-state index is 0.137. The molecule has 2 fully saturated rings. The molecule has 1 saturated carbocycles. The number of amides is 1.